The van der Waals surface area contributed by atoms with Crippen LogP contribution in [0.5, 0.6) is 23.0 Å². The Bertz CT molecular complexity index is 3630. The van der Waals surface area contributed by atoms with Gasteiger partial charge in [-0.2, -0.15) is 0 Å². The maximum Gasteiger partial charge on any atom is 0.333 e. The number of hydrogen-bond acceptors (Lipinski definition) is 24. The van der Waals surface area contributed by atoms with Crippen LogP contribution in [-0.2, 0) is 101 Å². The summed E-state index contributed by atoms with van der Waals surface area (Å²) < 4.78 is 95.7. The highest BCUT2D eigenvalue weighted by Crippen LogP contribution is 2.60. The second-order valence-electron chi connectivity index (χ2n) is 25.7. The van der Waals surface area contributed by atoms with E-state index in [1.54, 1.807) is 52.0 Å². The van der Waals surface area contributed by atoms with Crippen molar-refractivity contribution in [2.24, 2.45) is 0 Å². The van der Waals surface area contributed by atoms with Gasteiger partial charge in [0.25, 0.3) is 0 Å². The zero-order chi connectivity index (χ0) is 77.8. The van der Waals surface area contributed by atoms with E-state index in [1.165, 1.54) is 55.4 Å². The van der Waals surface area contributed by atoms with Gasteiger partial charge >= 0.3 is 47.8 Å². The molecule has 0 aliphatic heterocycles. The predicted molar refractivity (Wildman–Crippen MR) is 389 cm³/mol. The largest absolute Gasteiger partial charge is 0.491 e. The average Bonchev–Trinajstić information content (AvgIpc) is 1.55. The molecule has 566 valence electrons. The Hall–Kier alpha value is -10.4. The van der Waals surface area contributed by atoms with Crippen molar-refractivity contribution in [1.82, 2.24) is 0 Å². The highest BCUT2D eigenvalue weighted by Gasteiger charge is 2.50. The summed E-state index contributed by atoms with van der Waals surface area (Å²) in [6.45, 7) is 45.4. The summed E-state index contributed by atoms with van der Waals surface area (Å²) in [5, 5.41) is 0. The molecule has 0 spiro atoms. The van der Waals surface area contributed by atoms with E-state index < -0.39 is 102 Å². The molecular weight excluding hydrogens is 1360 g/mol. The van der Waals surface area contributed by atoms with Crippen LogP contribution in [0.15, 0.2) is 182 Å². The number of benzene rings is 4. The van der Waals surface area contributed by atoms with Crippen LogP contribution in [0.1, 0.15) is 105 Å². The van der Waals surface area contributed by atoms with Gasteiger partial charge in [0.05, 0.1) is 56.3 Å². The van der Waals surface area contributed by atoms with Crippen LogP contribution >= 0.6 is 0 Å². The average molecular weight is 1460 g/mol. The first-order valence-electron chi connectivity index (χ1n) is 33.8. The van der Waals surface area contributed by atoms with Gasteiger partial charge < -0.3 is 75.8 Å². The normalized spacial score (nSPS) is 13.9. The van der Waals surface area contributed by atoms with Crippen molar-refractivity contribution in [2.45, 2.75) is 137 Å². The van der Waals surface area contributed by atoms with E-state index in [0.29, 0.717) is 22.6 Å². The van der Waals surface area contributed by atoms with Crippen LogP contribution in [-0.4, -0.2) is 176 Å². The molecule has 0 radical (unpaired) electrons. The lowest BCUT2D eigenvalue weighted by Gasteiger charge is -2.36. The van der Waals surface area contributed by atoms with E-state index in [9.17, 15) is 38.4 Å². The second-order valence-corrected chi connectivity index (χ2v) is 25.7. The summed E-state index contributed by atoms with van der Waals surface area (Å²) in [4.78, 5) is 101. The second kappa shape index (κ2) is 41.2. The molecule has 1 aliphatic carbocycles. The fourth-order valence-corrected chi connectivity index (χ4v) is 9.76. The van der Waals surface area contributed by atoms with Crippen LogP contribution in [0.2, 0.25) is 0 Å². The quantitative estimate of drug-likeness (QED) is 0.0199. The van der Waals surface area contributed by atoms with Crippen LogP contribution in [0, 0.1) is 0 Å². The molecule has 5 rings (SSSR count). The SMILES string of the molecule is C=C(C)C(=O)OCC(COC(C)COc1ccc(C2(c3ccc(OCC(C)OCC(COC(=O)C(=C)C)OC(=O)C(=C)C)cc3OCC(C)OCC(COC(=O)C(=C)C)OC(=O)C(=C)C)c3ccccc3-c3ccccc32)c(OCC(C)OCC(COC(=O)C(=C)C)OC(=O)C(=C)C)c1)OC(=O)C(=C)C. The Kier molecular flexibility index (Phi) is 33.4. The zero-order valence-corrected chi connectivity index (χ0v) is 62.1. The van der Waals surface area contributed by atoms with Crippen molar-refractivity contribution in [1.29, 1.82) is 0 Å². The molecule has 0 amide bonds. The van der Waals surface area contributed by atoms with Crippen molar-refractivity contribution >= 4 is 47.8 Å². The summed E-state index contributed by atoms with van der Waals surface area (Å²) in [5.74, 6) is -4.44. The number of fused-ring (bicyclic) bond motifs is 3. The van der Waals surface area contributed by atoms with Gasteiger partial charge in [-0.05, 0) is 117 Å². The first-order valence-corrected chi connectivity index (χ1v) is 33.8. The molecule has 0 aromatic heterocycles. The highest BCUT2D eigenvalue weighted by molar-refractivity contribution is 5.91. The molecule has 105 heavy (non-hydrogen) atoms. The van der Waals surface area contributed by atoms with E-state index in [-0.39, 0.29) is 135 Å². The van der Waals surface area contributed by atoms with Gasteiger partial charge in [-0.15, -0.1) is 0 Å². The van der Waals surface area contributed by atoms with Gasteiger partial charge in [0, 0.05) is 67.8 Å². The van der Waals surface area contributed by atoms with Crippen LogP contribution in [0.25, 0.3) is 11.1 Å². The Morgan fingerprint density at radius 3 is 0.781 bits per heavy atom. The maximum absolute atomic E-state index is 12.9. The Balaban J connectivity index is 1.68. The third kappa shape index (κ3) is 26.1. The Morgan fingerprint density at radius 2 is 0.533 bits per heavy atom. The number of carbonyl (C=O) groups is 8. The molecule has 0 N–H and O–H groups in total. The van der Waals surface area contributed by atoms with E-state index in [1.807, 2.05) is 60.7 Å². The monoisotopic (exact) mass is 1450 g/mol. The van der Waals surface area contributed by atoms with Crippen LogP contribution in [0.4, 0.5) is 0 Å². The summed E-state index contributed by atoms with van der Waals surface area (Å²) >= 11 is 0. The lowest BCUT2D eigenvalue weighted by atomic mass is 9.67. The third-order valence-electron chi connectivity index (χ3n) is 15.3. The minimum Gasteiger partial charge on any atom is -0.491 e. The summed E-state index contributed by atoms with van der Waals surface area (Å²) in [5.41, 5.74) is 4.14. The topological polar surface area (TPSA) is 284 Å². The molecule has 24 nitrogen and oxygen atoms in total. The Morgan fingerprint density at radius 1 is 0.295 bits per heavy atom. The van der Waals surface area contributed by atoms with Crippen LogP contribution in [0.3, 0.4) is 0 Å². The number of ether oxygens (including phenoxy) is 16. The van der Waals surface area contributed by atoms with Gasteiger partial charge in [-0.25, -0.2) is 38.4 Å². The maximum atomic E-state index is 12.9. The lowest BCUT2D eigenvalue weighted by Crippen LogP contribution is -2.34. The summed E-state index contributed by atoms with van der Waals surface area (Å²) in [6, 6.07) is 26.5. The van der Waals surface area contributed by atoms with Gasteiger partial charge in [-0.3, -0.25) is 0 Å². The number of rotatable bonds is 46. The number of esters is 8. The first-order chi connectivity index (χ1) is 49.6. The zero-order valence-electron chi connectivity index (χ0n) is 62.1. The van der Waals surface area contributed by atoms with Gasteiger partial charge in [0.1, 0.15) is 75.9 Å². The molecule has 4 aromatic carbocycles. The standard InChI is InChI=1S/C81H98O24/c1-47(2)73(82)98-43-61(102-77(86)51(9)10)39-90-55(17)35-94-59-29-31-69(71(33-59)96-37-57(19)92-41-63(104-79(88)53(13)14)45-100-75(84)49(5)6)81(67-27-23-21-25-65(67)66-26-22-24-28-68(66)81)70-32-30-60(95-36-56(18)91-40-62(103-78(87)52(11)12)44-99-74(83)48(3)4)34-72(70)97-38-58(20)93-42-64(105-80(89)54(15)16)46-101-76(85)50(7)8/h21-34,55-58,61-64H,1,3,5,7,9,11,13,15,35-46H2,2,4,6,8,10,12,14,16-20H3. The fourth-order valence-electron chi connectivity index (χ4n) is 9.76. The highest BCUT2D eigenvalue weighted by atomic mass is 16.6. The van der Waals surface area contributed by atoms with Crippen molar-refractivity contribution in [3.63, 3.8) is 0 Å². The smallest absolute Gasteiger partial charge is 0.333 e. The molecule has 1 aliphatic rings. The lowest BCUT2D eigenvalue weighted by molar-refractivity contribution is -0.159. The predicted octanol–water partition coefficient (Wildman–Crippen LogP) is 11.6. The fraction of sp³-hybridized carbons (Fsp3) is 0.407. The summed E-state index contributed by atoms with van der Waals surface area (Å²) in [7, 11) is 0. The minimum absolute atomic E-state index is 0.0595. The first kappa shape index (κ1) is 85.2. The van der Waals surface area contributed by atoms with E-state index in [4.69, 9.17) is 75.8 Å². The van der Waals surface area contributed by atoms with Gasteiger partial charge in [0.2, 0.25) is 0 Å². The van der Waals surface area contributed by atoms with E-state index in [2.05, 4.69) is 52.6 Å². The van der Waals surface area contributed by atoms with Gasteiger partial charge in [-0.1, -0.05) is 113 Å². The molecule has 8 atom stereocenters. The molecular formula is C81H98O24. The van der Waals surface area contributed by atoms with E-state index >= 15 is 0 Å². The molecule has 8 unspecified atom stereocenters. The molecule has 0 heterocycles. The number of carbonyl (C=O) groups excluding carboxylic acids is 8. The molecule has 24 heteroatoms. The molecule has 0 saturated heterocycles. The molecule has 0 fully saturated rings. The van der Waals surface area contributed by atoms with Gasteiger partial charge in [0.15, 0.2) is 24.4 Å². The van der Waals surface area contributed by atoms with Crippen molar-refractivity contribution in [2.75, 3.05) is 79.3 Å². The molecule has 0 bridgehead atoms. The molecule has 4 aromatic rings. The Labute approximate surface area is 614 Å². The van der Waals surface area contributed by atoms with Crippen molar-refractivity contribution in [3.8, 4) is 34.1 Å². The number of hydrogen-bond donors (Lipinski definition) is 0. The summed E-state index contributed by atoms with van der Waals surface area (Å²) in [6.07, 6.45) is -7.00. The van der Waals surface area contributed by atoms with Crippen molar-refractivity contribution in [3.05, 3.63) is 204 Å². The van der Waals surface area contributed by atoms with Crippen LogP contribution < -0.4 is 18.9 Å². The minimum atomic E-state index is -1.35. The van der Waals surface area contributed by atoms with Crippen molar-refractivity contribution < 1.29 is 114 Å². The third-order valence-corrected chi connectivity index (χ3v) is 15.3. The molecule has 0 saturated carbocycles. The van der Waals surface area contributed by atoms with E-state index in [0.717, 1.165) is 22.3 Å².